The zero-order chi connectivity index (χ0) is 12.3. The predicted molar refractivity (Wildman–Crippen MR) is 67.6 cm³/mol. The number of nitrogens with zero attached hydrogens (tertiary/aromatic N) is 1. The van der Waals surface area contributed by atoms with Crippen LogP contribution in [-0.2, 0) is 9.53 Å². The van der Waals surface area contributed by atoms with Gasteiger partial charge < -0.3 is 4.74 Å². The van der Waals surface area contributed by atoms with Gasteiger partial charge in [0.05, 0.1) is 7.11 Å². The summed E-state index contributed by atoms with van der Waals surface area (Å²) in [5.74, 6) is -0.381. The van der Waals surface area contributed by atoms with E-state index in [1.54, 1.807) is 6.08 Å². The van der Waals surface area contributed by atoms with E-state index in [1.165, 1.54) is 24.5 Å². The molecule has 3 nitrogen and oxygen atoms in total. The van der Waals surface area contributed by atoms with Crippen LogP contribution in [-0.4, -0.2) is 13.1 Å². The number of esters is 1. The molecule has 0 fully saturated rings. The van der Waals surface area contributed by atoms with Crippen molar-refractivity contribution < 1.29 is 9.53 Å². The van der Waals surface area contributed by atoms with E-state index in [0.717, 1.165) is 15.6 Å². The highest BCUT2D eigenvalue weighted by Gasteiger charge is 2.01. The van der Waals surface area contributed by atoms with Crippen LogP contribution in [0.2, 0.25) is 0 Å². The number of hydrogen-bond donors (Lipinski definition) is 0. The molecule has 0 unspecified atom stereocenters. The van der Waals surface area contributed by atoms with Gasteiger partial charge >= 0.3 is 5.97 Å². The fourth-order valence-electron chi connectivity index (χ4n) is 1.45. The van der Waals surface area contributed by atoms with Crippen molar-refractivity contribution in [2.45, 2.75) is 0 Å². The van der Waals surface area contributed by atoms with Crippen molar-refractivity contribution in [2.75, 3.05) is 7.11 Å². The highest BCUT2D eigenvalue weighted by atomic mass is 32.1. The van der Waals surface area contributed by atoms with Crippen LogP contribution in [0.1, 0.15) is 10.4 Å². The van der Waals surface area contributed by atoms with Gasteiger partial charge in [-0.15, -0.1) is 11.3 Å². The van der Waals surface area contributed by atoms with Crippen LogP contribution in [0, 0.1) is 11.3 Å². The second kappa shape index (κ2) is 4.81. The zero-order valence-electron chi connectivity index (χ0n) is 9.14. The molecule has 0 aliphatic carbocycles. The minimum Gasteiger partial charge on any atom is -0.466 e. The summed E-state index contributed by atoms with van der Waals surface area (Å²) in [5.41, 5.74) is 0.908. The third-order valence-corrected chi connectivity index (χ3v) is 3.28. The van der Waals surface area contributed by atoms with Crippen LogP contribution in [0.3, 0.4) is 0 Å². The summed E-state index contributed by atoms with van der Waals surface area (Å²) in [6.45, 7) is 0. The maximum Gasteiger partial charge on any atom is 0.330 e. The fraction of sp³-hybridized carbons (Fsp3) is 0.0769. The highest BCUT2D eigenvalue weighted by Crippen LogP contribution is 2.26. The minimum absolute atomic E-state index is 0.381. The number of hydrogen-bond acceptors (Lipinski definition) is 4. The van der Waals surface area contributed by atoms with E-state index in [1.807, 2.05) is 24.3 Å². The lowest BCUT2D eigenvalue weighted by Crippen LogP contribution is -1.93. The van der Waals surface area contributed by atoms with E-state index in [0.29, 0.717) is 4.88 Å². The van der Waals surface area contributed by atoms with Crippen molar-refractivity contribution in [3.63, 3.8) is 0 Å². The molecule has 1 aromatic carbocycles. The number of carbonyl (C=O) groups excluding carboxylic acids is 1. The van der Waals surface area contributed by atoms with Gasteiger partial charge in [-0.2, -0.15) is 5.26 Å². The lowest BCUT2D eigenvalue weighted by molar-refractivity contribution is -0.134. The molecular weight excluding hydrogens is 234 g/mol. The maximum atomic E-state index is 10.9. The number of thiophene rings is 1. The summed E-state index contributed by atoms with van der Waals surface area (Å²) in [5, 5.41) is 9.81. The summed E-state index contributed by atoms with van der Waals surface area (Å²) < 4.78 is 5.58. The summed E-state index contributed by atoms with van der Waals surface area (Å²) in [6.07, 6.45) is 3.06. The Balaban J connectivity index is 2.35. The predicted octanol–water partition coefficient (Wildman–Crippen LogP) is 2.96. The Hall–Kier alpha value is -2.12. The average molecular weight is 243 g/mol. The van der Waals surface area contributed by atoms with Crippen LogP contribution < -0.4 is 0 Å². The summed E-state index contributed by atoms with van der Waals surface area (Å²) >= 11 is 1.46. The second-order valence-electron chi connectivity index (χ2n) is 3.38. The third-order valence-electron chi connectivity index (χ3n) is 2.26. The Morgan fingerprint density at radius 1 is 1.47 bits per heavy atom. The average Bonchev–Trinajstić information content (AvgIpc) is 2.77. The SMILES string of the molecule is COC(=O)/C=C/c1ccc2sc(C#N)cc2c1. The molecular formula is C13H9NO2S. The number of rotatable bonds is 2. The molecule has 0 aliphatic rings. The summed E-state index contributed by atoms with van der Waals surface area (Å²) in [4.78, 5) is 11.6. The molecule has 1 aromatic heterocycles. The molecule has 84 valence electrons. The van der Waals surface area contributed by atoms with Crippen LogP contribution in [0.4, 0.5) is 0 Å². The largest absolute Gasteiger partial charge is 0.466 e. The number of benzene rings is 1. The van der Waals surface area contributed by atoms with Crippen molar-refractivity contribution >= 4 is 33.5 Å². The third kappa shape index (κ3) is 2.52. The molecule has 0 bridgehead atoms. The van der Waals surface area contributed by atoms with E-state index in [4.69, 9.17) is 5.26 Å². The number of fused-ring (bicyclic) bond motifs is 1. The maximum absolute atomic E-state index is 10.9. The minimum atomic E-state index is -0.381. The first-order valence-electron chi connectivity index (χ1n) is 4.92. The summed E-state index contributed by atoms with van der Waals surface area (Å²) in [6, 6.07) is 9.75. The molecule has 1 heterocycles. The van der Waals surface area contributed by atoms with E-state index >= 15 is 0 Å². The monoisotopic (exact) mass is 243 g/mol. The first-order chi connectivity index (χ1) is 8.22. The van der Waals surface area contributed by atoms with Gasteiger partial charge in [-0.3, -0.25) is 0 Å². The standard InChI is InChI=1S/C13H9NO2S/c1-16-13(15)5-3-9-2-4-12-10(6-9)7-11(8-14)17-12/h2-7H,1H3/b5-3+. The van der Waals surface area contributed by atoms with Crippen LogP contribution >= 0.6 is 11.3 Å². The van der Waals surface area contributed by atoms with Crippen LogP contribution in [0.25, 0.3) is 16.2 Å². The molecule has 0 aliphatic heterocycles. The Kier molecular flexibility index (Phi) is 3.22. The summed E-state index contributed by atoms with van der Waals surface area (Å²) in [7, 11) is 1.34. The van der Waals surface area contributed by atoms with Gasteiger partial charge in [-0.05, 0) is 35.2 Å². The molecule has 0 N–H and O–H groups in total. The second-order valence-corrected chi connectivity index (χ2v) is 4.46. The molecule has 2 aromatic rings. The Labute approximate surface area is 103 Å². The number of nitriles is 1. The topological polar surface area (TPSA) is 50.1 Å². The van der Waals surface area contributed by atoms with Crippen LogP contribution in [0.15, 0.2) is 30.3 Å². The first-order valence-corrected chi connectivity index (χ1v) is 5.74. The van der Waals surface area contributed by atoms with Gasteiger partial charge in [0, 0.05) is 10.8 Å². The van der Waals surface area contributed by atoms with Crippen LogP contribution in [0.5, 0.6) is 0 Å². The quantitative estimate of drug-likeness (QED) is 0.602. The van der Waals surface area contributed by atoms with Crippen molar-refractivity contribution in [1.82, 2.24) is 0 Å². The Morgan fingerprint density at radius 3 is 3.00 bits per heavy atom. The van der Waals surface area contributed by atoms with Gasteiger partial charge in [0.25, 0.3) is 0 Å². The number of carbonyl (C=O) groups is 1. The number of ether oxygens (including phenoxy) is 1. The molecule has 4 heteroatoms. The van der Waals surface area contributed by atoms with Gasteiger partial charge in [0.2, 0.25) is 0 Å². The van der Waals surface area contributed by atoms with Gasteiger partial charge in [0.15, 0.2) is 0 Å². The fourth-order valence-corrected chi connectivity index (χ4v) is 2.29. The zero-order valence-corrected chi connectivity index (χ0v) is 9.95. The molecule has 0 spiro atoms. The molecule has 2 rings (SSSR count). The molecule has 0 saturated carbocycles. The lowest BCUT2D eigenvalue weighted by Gasteiger charge is -1.94. The van der Waals surface area contributed by atoms with Crippen molar-refractivity contribution in [2.24, 2.45) is 0 Å². The smallest absolute Gasteiger partial charge is 0.330 e. The normalized spacial score (nSPS) is 10.6. The Bertz CT molecular complexity index is 634. The lowest BCUT2D eigenvalue weighted by atomic mass is 10.1. The number of methoxy groups -OCH3 is 1. The highest BCUT2D eigenvalue weighted by molar-refractivity contribution is 7.19. The molecule has 0 radical (unpaired) electrons. The van der Waals surface area contributed by atoms with E-state index in [9.17, 15) is 4.79 Å². The molecule has 0 saturated heterocycles. The van der Waals surface area contributed by atoms with Crippen molar-refractivity contribution in [3.8, 4) is 6.07 Å². The van der Waals surface area contributed by atoms with E-state index in [2.05, 4.69) is 10.8 Å². The van der Waals surface area contributed by atoms with Gasteiger partial charge in [-0.1, -0.05) is 6.07 Å². The van der Waals surface area contributed by atoms with E-state index < -0.39 is 0 Å². The van der Waals surface area contributed by atoms with Crippen molar-refractivity contribution in [3.05, 3.63) is 40.8 Å². The molecule has 0 atom stereocenters. The first kappa shape index (κ1) is 11.4. The van der Waals surface area contributed by atoms with Gasteiger partial charge in [-0.25, -0.2) is 4.79 Å². The van der Waals surface area contributed by atoms with Gasteiger partial charge in [0.1, 0.15) is 10.9 Å². The Morgan fingerprint density at radius 2 is 2.29 bits per heavy atom. The van der Waals surface area contributed by atoms with Crippen molar-refractivity contribution in [1.29, 1.82) is 5.26 Å². The molecule has 0 amide bonds. The van der Waals surface area contributed by atoms with E-state index in [-0.39, 0.29) is 5.97 Å². The molecule has 17 heavy (non-hydrogen) atoms.